The minimum atomic E-state index is -0.306. The van der Waals surface area contributed by atoms with E-state index in [1.165, 1.54) is 0 Å². The Kier molecular flexibility index (Phi) is 7.34. The van der Waals surface area contributed by atoms with Crippen LogP contribution in [0.1, 0.15) is 22.6 Å². The summed E-state index contributed by atoms with van der Waals surface area (Å²) in [5, 5.41) is 2.84. The van der Waals surface area contributed by atoms with E-state index < -0.39 is 0 Å². The second kappa shape index (κ2) is 10.8. The Labute approximate surface area is 185 Å². The van der Waals surface area contributed by atoms with E-state index in [-0.39, 0.29) is 5.91 Å². The van der Waals surface area contributed by atoms with Crippen LogP contribution in [0.5, 0.6) is 0 Å². The molecule has 0 spiro atoms. The van der Waals surface area contributed by atoms with Crippen LogP contribution < -0.4 is 11.1 Å². The quantitative estimate of drug-likeness (QED) is 0.348. The van der Waals surface area contributed by atoms with Crippen molar-refractivity contribution in [1.29, 1.82) is 0 Å². The zero-order valence-corrected chi connectivity index (χ0v) is 17.7. The molecule has 9 nitrogen and oxygen atoms in total. The van der Waals surface area contributed by atoms with Crippen molar-refractivity contribution in [3.8, 4) is 0 Å². The molecule has 1 amide bonds. The standard InChI is InChI=1S/C23H26N6O3/c24-10-13-32-15-14-31-12-3-4-17-7-8-18(16-25-17)26-22(30)20-9-11-29-21-6-2-1-5-19(21)27-23(29)28-20/h1-2,5-9,11,16H,3-4,10,12-15,24H2,(H,26,30). The average molecular weight is 435 g/mol. The third kappa shape index (κ3) is 5.44. The summed E-state index contributed by atoms with van der Waals surface area (Å²) in [4.78, 5) is 25.9. The SMILES string of the molecule is NCCOCCOCCCc1ccc(NC(=O)c2ccn3c(n2)nc2ccccc23)cn1. The van der Waals surface area contributed by atoms with E-state index >= 15 is 0 Å². The number of nitrogens with two attached hydrogens (primary N) is 1. The van der Waals surface area contributed by atoms with Gasteiger partial charge in [-0.25, -0.2) is 9.97 Å². The Balaban J connectivity index is 1.28. The highest BCUT2D eigenvalue weighted by Gasteiger charge is 2.12. The number of carbonyl (C=O) groups is 1. The number of imidazole rings is 1. The van der Waals surface area contributed by atoms with Crippen LogP contribution in [0, 0.1) is 0 Å². The van der Waals surface area contributed by atoms with E-state index in [4.69, 9.17) is 15.2 Å². The largest absolute Gasteiger partial charge is 0.379 e. The molecule has 4 aromatic rings. The van der Waals surface area contributed by atoms with Gasteiger partial charge in [0.25, 0.3) is 5.91 Å². The number of carbonyl (C=O) groups excluding carboxylic acids is 1. The molecule has 166 valence electrons. The van der Waals surface area contributed by atoms with Crippen molar-refractivity contribution < 1.29 is 14.3 Å². The maximum atomic E-state index is 12.6. The van der Waals surface area contributed by atoms with Crippen LogP contribution in [-0.2, 0) is 15.9 Å². The first-order chi connectivity index (χ1) is 15.7. The molecular weight excluding hydrogens is 408 g/mol. The number of hydrogen-bond acceptors (Lipinski definition) is 7. The van der Waals surface area contributed by atoms with Crippen molar-refractivity contribution in [3.05, 3.63) is 66.2 Å². The van der Waals surface area contributed by atoms with Crippen molar-refractivity contribution in [2.45, 2.75) is 12.8 Å². The van der Waals surface area contributed by atoms with Crippen molar-refractivity contribution in [2.75, 3.05) is 38.3 Å². The number of hydrogen-bond donors (Lipinski definition) is 2. The Morgan fingerprint density at radius 1 is 1.00 bits per heavy atom. The van der Waals surface area contributed by atoms with Crippen LogP contribution in [-0.4, -0.2) is 58.2 Å². The highest BCUT2D eigenvalue weighted by Crippen LogP contribution is 2.16. The van der Waals surface area contributed by atoms with E-state index in [2.05, 4.69) is 20.3 Å². The zero-order chi connectivity index (χ0) is 22.2. The van der Waals surface area contributed by atoms with Gasteiger partial charge < -0.3 is 20.5 Å². The van der Waals surface area contributed by atoms with Gasteiger partial charge in [-0.3, -0.25) is 14.2 Å². The number of anilines is 1. The number of para-hydroxylation sites is 2. The highest BCUT2D eigenvalue weighted by molar-refractivity contribution is 6.03. The van der Waals surface area contributed by atoms with Gasteiger partial charge in [-0.2, -0.15) is 0 Å². The Hall–Kier alpha value is -3.40. The first-order valence-electron chi connectivity index (χ1n) is 10.6. The molecule has 32 heavy (non-hydrogen) atoms. The first-order valence-corrected chi connectivity index (χ1v) is 10.6. The fraction of sp³-hybridized carbons (Fsp3) is 0.304. The molecule has 0 bridgehead atoms. The maximum absolute atomic E-state index is 12.6. The third-order valence-corrected chi connectivity index (χ3v) is 4.85. The van der Waals surface area contributed by atoms with Crippen molar-refractivity contribution in [3.63, 3.8) is 0 Å². The zero-order valence-electron chi connectivity index (χ0n) is 17.7. The number of nitrogens with one attached hydrogen (secondary N) is 1. The number of fused-ring (bicyclic) bond motifs is 3. The third-order valence-electron chi connectivity index (χ3n) is 4.85. The number of benzene rings is 1. The van der Waals surface area contributed by atoms with Gasteiger partial charge in [0, 0.05) is 25.0 Å². The van der Waals surface area contributed by atoms with Gasteiger partial charge in [-0.1, -0.05) is 12.1 Å². The van der Waals surface area contributed by atoms with Gasteiger partial charge in [0.2, 0.25) is 5.78 Å². The summed E-state index contributed by atoms with van der Waals surface area (Å²) in [6.07, 6.45) is 5.11. The molecule has 0 aliphatic heterocycles. The molecule has 1 aromatic carbocycles. The first kappa shape index (κ1) is 21.8. The lowest BCUT2D eigenvalue weighted by atomic mass is 10.2. The summed E-state index contributed by atoms with van der Waals surface area (Å²) in [6, 6.07) is 13.2. The number of aromatic nitrogens is 4. The molecule has 0 saturated heterocycles. The Bertz CT molecular complexity index is 1180. The van der Waals surface area contributed by atoms with Crippen LogP contribution in [0.25, 0.3) is 16.8 Å². The van der Waals surface area contributed by atoms with Crippen LogP contribution in [0.15, 0.2) is 54.9 Å². The van der Waals surface area contributed by atoms with Crippen LogP contribution in [0.3, 0.4) is 0 Å². The van der Waals surface area contributed by atoms with E-state index in [9.17, 15) is 4.79 Å². The van der Waals surface area contributed by atoms with Gasteiger partial charge >= 0.3 is 0 Å². The lowest BCUT2D eigenvalue weighted by Gasteiger charge is -2.07. The summed E-state index contributed by atoms with van der Waals surface area (Å²) in [5.41, 5.74) is 8.99. The summed E-state index contributed by atoms with van der Waals surface area (Å²) >= 11 is 0. The molecule has 4 rings (SSSR count). The predicted molar refractivity (Wildman–Crippen MR) is 122 cm³/mol. The number of amides is 1. The number of nitrogens with zero attached hydrogens (tertiary/aromatic N) is 4. The molecule has 0 atom stereocenters. The monoisotopic (exact) mass is 434 g/mol. The molecule has 9 heteroatoms. The fourth-order valence-corrected chi connectivity index (χ4v) is 3.28. The predicted octanol–water partition coefficient (Wildman–Crippen LogP) is 2.45. The smallest absolute Gasteiger partial charge is 0.274 e. The van der Waals surface area contributed by atoms with Crippen molar-refractivity contribution in [1.82, 2.24) is 19.4 Å². The Morgan fingerprint density at radius 3 is 2.66 bits per heavy atom. The molecule has 3 N–H and O–H groups in total. The van der Waals surface area contributed by atoms with Crippen molar-refractivity contribution >= 4 is 28.4 Å². The van der Waals surface area contributed by atoms with E-state index in [1.54, 1.807) is 18.5 Å². The molecule has 0 saturated carbocycles. The Morgan fingerprint density at radius 2 is 1.84 bits per heavy atom. The van der Waals surface area contributed by atoms with E-state index in [1.807, 2.05) is 40.8 Å². The molecule has 0 unspecified atom stereocenters. The van der Waals surface area contributed by atoms with E-state index in [0.717, 1.165) is 29.6 Å². The van der Waals surface area contributed by atoms with Gasteiger partial charge in [-0.15, -0.1) is 0 Å². The molecule has 0 aliphatic rings. The van der Waals surface area contributed by atoms with Crippen molar-refractivity contribution in [2.24, 2.45) is 5.73 Å². The van der Waals surface area contributed by atoms with Crippen LogP contribution >= 0.6 is 0 Å². The number of rotatable bonds is 11. The maximum Gasteiger partial charge on any atom is 0.274 e. The molecular formula is C23H26N6O3. The van der Waals surface area contributed by atoms with Gasteiger partial charge in [0.1, 0.15) is 5.69 Å². The molecule has 0 aliphatic carbocycles. The van der Waals surface area contributed by atoms with E-state index in [0.29, 0.717) is 50.1 Å². The minimum absolute atomic E-state index is 0.296. The summed E-state index contributed by atoms with van der Waals surface area (Å²) in [6.45, 7) is 2.84. The lowest BCUT2D eigenvalue weighted by Crippen LogP contribution is -2.14. The highest BCUT2D eigenvalue weighted by atomic mass is 16.5. The topological polar surface area (TPSA) is 117 Å². The van der Waals surface area contributed by atoms with Gasteiger partial charge in [-0.05, 0) is 43.2 Å². The van der Waals surface area contributed by atoms with Gasteiger partial charge in [0.15, 0.2) is 0 Å². The second-order valence-corrected chi connectivity index (χ2v) is 7.19. The summed E-state index contributed by atoms with van der Waals surface area (Å²) in [5.74, 6) is 0.180. The molecule has 3 aromatic heterocycles. The average Bonchev–Trinajstić information content (AvgIpc) is 3.19. The van der Waals surface area contributed by atoms with Crippen LogP contribution in [0.2, 0.25) is 0 Å². The summed E-state index contributed by atoms with van der Waals surface area (Å²) in [7, 11) is 0. The normalized spacial score (nSPS) is 11.3. The molecule has 0 radical (unpaired) electrons. The number of ether oxygens (including phenoxy) is 2. The van der Waals surface area contributed by atoms with Crippen LogP contribution in [0.4, 0.5) is 5.69 Å². The lowest BCUT2D eigenvalue weighted by molar-refractivity contribution is 0.0498. The number of aryl methyl sites for hydroxylation is 1. The number of pyridine rings is 1. The van der Waals surface area contributed by atoms with Gasteiger partial charge in [0.05, 0.1) is 42.7 Å². The molecule has 3 heterocycles. The second-order valence-electron chi connectivity index (χ2n) is 7.19. The summed E-state index contributed by atoms with van der Waals surface area (Å²) < 4.78 is 12.6. The molecule has 0 fully saturated rings. The fourth-order valence-electron chi connectivity index (χ4n) is 3.28. The minimum Gasteiger partial charge on any atom is -0.379 e.